The zero-order valence-electron chi connectivity index (χ0n) is 15.9. The van der Waals surface area contributed by atoms with E-state index in [4.69, 9.17) is 0 Å². The molecule has 3 aromatic rings. The van der Waals surface area contributed by atoms with Crippen molar-refractivity contribution >= 4 is 28.7 Å². The van der Waals surface area contributed by atoms with Crippen molar-refractivity contribution in [2.75, 3.05) is 12.8 Å². The fourth-order valence-corrected chi connectivity index (χ4v) is 3.88. The molecule has 29 heavy (non-hydrogen) atoms. The molecule has 0 bridgehead atoms. The third-order valence-electron chi connectivity index (χ3n) is 4.26. The average molecular weight is 423 g/mol. The Kier molecular flexibility index (Phi) is 6.36. The second-order valence-electron chi connectivity index (χ2n) is 6.36. The van der Waals surface area contributed by atoms with Gasteiger partial charge in [0.1, 0.15) is 5.75 Å². The fourth-order valence-electron chi connectivity index (χ4n) is 2.86. The minimum absolute atomic E-state index is 0.0969. The largest absolute Gasteiger partial charge is 0.573 e. The summed E-state index contributed by atoms with van der Waals surface area (Å²) in [6, 6.07) is 13.3. The van der Waals surface area contributed by atoms with Crippen molar-refractivity contribution < 1.29 is 22.7 Å². The Morgan fingerprint density at radius 1 is 1.17 bits per heavy atom. The summed E-state index contributed by atoms with van der Waals surface area (Å²) < 4.78 is 42.6. The number of hydrogen-bond acceptors (Lipinski definition) is 4. The summed E-state index contributed by atoms with van der Waals surface area (Å²) in [6.45, 7) is 3.06. The Hall–Kier alpha value is -2.68. The van der Waals surface area contributed by atoms with E-state index in [1.807, 2.05) is 31.2 Å². The number of para-hydroxylation sites is 2. The number of nitrogens with zero attached hydrogens (tertiary/aromatic N) is 3. The highest BCUT2D eigenvalue weighted by atomic mass is 32.2. The van der Waals surface area contributed by atoms with E-state index in [-0.39, 0.29) is 24.0 Å². The molecule has 9 heteroatoms. The number of rotatable bonds is 7. The number of ether oxygens (including phenoxy) is 1. The average Bonchev–Trinajstić information content (AvgIpc) is 3.03. The van der Waals surface area contributed by atoms with Gasteiger partial charge in [-0.2, -0.15) is 0 Å². The second kappa shape index (κ2) is 8.77. The molecule has 1 amide bonds. The molecule has 0 saturated carbocycles. The lowest BCUT2D eigenvalue weighted by Gasteiger charge is -2.17. The number of imidazole rings is 1. The molecule has 3 rings (SSSR count). The van der Waals surface area contributed by atoms with Gasteiger partial charge in [-0.3, -0.25) is 4.79 Å². The van der Waals surface area contributed by atoms with Crippen LogP contribution >= 0.6 is 11.8 Å². The molecular formula is C20H20F3N3O2S. The molecule has 2 aromatic carbocycles. The van der Waals surface area contributed by atoms with E-state index in [1.165, 1.54) is 40.9 Å². The van der Waals surface area contributed by atoms with E-state index >= 15 is 0 Å². The molecule has 5 nitrogen and oxygen atoms in total. The van der Waals surface area contributed by atoms with Crippen LogP contribution in [0.5, 0.6) is 5.75 Å². The topological polar surface area (TPSA) is 47.4 Å². The molecule has 0 spiro atoms. The lowest BCUT2D eigenvalue weighted by Crippen LogP contribution is -2.28. The lowest BCUT2D eigenvalue weighted by atomic mass is 10.2. The first-order valence-electron chi connectivity index (χ1n) is 8.93. The van der Waals surface area contributed by atoms with Crippen molar-refractivity contribution in [3.05, 3.63) is 54.1 Å². The fraction of sp³-hybridized carbons (Fsp3) is 0.300. The predicted molar refractivity (Wildman–Crippen MR) is 106 cm³/mol. The maximum absolute atomic E-state index is 12.5. The van der Waals surface area contributed by atoms with Crippen LogP contribution in [0.15, 0.2) is 53.7 Å². The van der Waals surface area contributed by atoms with Crippen molar-refractivity contribution in [3.63, 3.8) is 0 Å². The Labute approximate surface area is 170 Å². The van der Waals surface area contributed by atoms with Gasteiger partial charge in [0.15, 0.2) is 5.16 Å². The third-order valence-corrected chi connectivity index (χ3v) is 5.22. The Bertz CT molecular complexity index is 987. The Morgan fingerprint density at radius 2 is 1.86 bits per heavy atom. The van der Waals surface area contributed by atoms with Gasteiger partial charge in [-0.1, -0.05) is 36.0 Å². The van der Waals surface area contributed by atoms with Gasteiger partial charge in [0.05, 0.1) is 16.8 Å². The van der Waals surface area contributed by atoms with Crippen LogP contribution < -0.4 is 4.74 Å². The highest BCUT2D eigenvalue weighted by Gasteiger charge is 2.31. The lowest BCUT2D eigenvalue weighted by molar-refractivity contribution is -0.274. The number of amides is 1. The van der Waals surface area contributed by atoms with Gasteiger partial charge < -0.3 is 14.2 Å². The van der Waals surface area contributed by atoms with Crippen molar-refractivity contribution in [1.82, 2.24) is 14.5 Å². The van der Waals surface area contributed by atoms with Crippen LogP contribution in [0.1, 0.15) is 12.5 Å². The van der Waals surface area contributed by atoms with Gasteiger partial charge in [-0.15, -0.1) is 13.2 Å². The highest BCUT2D eigenvalue weighted by molar-refractivity contribution is 7.99. The third kappa shape index (κ3) is 5.44. The molecule has 0 aliphatic carbocycles. The molecule has 0 radical (unpaired) electrons. The number of halogens is 3. The Morgan fingerprint density at radius 3 is 2.52 bits per heavy atom. The van der Waals surface area contributed by atoms with Crippen molar-refractivity contribution in [3.8, 4) is 5.75 Å². The zero-order chi connectivity index (χ0) is 21.0. The molecule has 0 aliphatic heterocycles. The number of hydrogen-bond donors (Lipinski definition) is 0. The summed E-state index contributed by atoms with van der Waals surface area (Å²) in [5.41, 5.74) is 2.62. The van der Waals surface area contributed by atoms with Gasteiger partial charge in [-0.05, 0) is 36.8 Å². The minimum Gasteiger partial charge on any atom is -0.406 e. The number of benzene rings is 2. The quantitative estimate of drug-likeness (QED) is 0.517. The number of fused-ring (bicyclic) bond motifs is 1. The first kappa shape index (κ1) is 21.0. The second-order valence-corrected chi connectivity index (χ2v) is 7.30. The van der Waals surface area contributed by atoms with Crippen LogP contribution in [0, 0.1) is 0 Å². The van der Waals surface area contributed by atoms with Crippen LogP contribution in [0.3, 0.4) is 0 Å². The van der Waals surface area contributed by atoms with Crippen LogP contribution in [-0.2, 0) is 17.9 Å². The smallest absolute Gasteiger partial charge is 0.406 e. The van der Waals surface area contributed by atoms with E-state index < -0.39 is 6.36 Å². The summed E-state index contributed by atoms with van der Waals surface area (Å²) in [6.07, 6.45) is -4.72. The number of thioether (sulfide) groups is 1. The molecule has 1 aromatic heterocycles. The van der Waals surface area contributed by atoms with Crippen LogP contribution in [0.4, 0.5) is 13.2 Å². The van der Waals surface area contributed by atoms with Gasteiger partial charge in [0.25, 0.3) is 0 Å². The standard InChI is InChI=1S/C20H20F3N3O2S/c1-3-26-17-7-5-4-6-16(17)24-19(26)29-13-18(27)25(2)12-14-8-10-15(11-9-14)28-20(21,22)23/h4-11H,3,12-13H2,1-2H3. The number of aryl methyl sites for hydroxylation is 1. The zero-order valence-corrected chi connectivity index (χ0v) is 16.8. The maximum Gasteiger partial charge on any atom is 0.573 e. The normalized spacial score (nSPS) is 11.6. The van der Waals surface area contributed by atoms with Crippen molar-refractivity contribution in [2.45, 2.75) is 31.5 Å². The molecule has 154 valence electrons. The SMILES string of the molecule is CCn1c(SCC(=O)N(C)Cc2ccc(OC(F)(F)F)cc2)nc2ccccc21. The molecule has 0 saturated heterocycles. The van der Waals surface area contributed by atoms with Gasteiger partial charge in [0.2, 0.25) is 5.91 Å². The van der Waals surface area contributed by atoms with E-state index in [1.54, 1.807) is 7.05 Å². The number of carbonyl (C=O) groups is 1. The van der Waals surface area contributed by atoms with E-state index in [2.05, 4.69) is 14.3 Å². The van der Waals surface area contributed by atoms with Crippen molar-refractivity contribution in [2.24, 2.45) is 0 Å². The van der Waals surface area contributed by atoms with Gasteiger partial charge in [-0.25, -0.2) is 4.98 Å². The molecule has 0 atom stereocenters. The van der Waals surface area contributed by atoms with E-state index in [9.17, 15) is 18.0 Å². The Balaban J connectivity index is 1.58. The molecular weight excluding hydrogens is 403 g/mol. The first-order chi connectivity index (χ1) is 13.8. The number of alkyl halides is 3. The molecule has 1 heterocycles. The summed E-state index contributed by atoms with van der Waals surface area (Å²) in [5.74, 6) is -0.167. The van der Waals surface area contributed by atoms with Gasteiger partial charge >= 0.3 is 6.36 Å². The summed E-state index contributed by atoms with van der Waals surface area (Å²) >= 11 is 1.37. The summed E-state index contributed by atoms with van der Waals surface area (Å²) in [4.78, 5) is 18.6. The molecule has 0 fully saturated rings. The summed E-state index contributed by atoms with van der Waals surface area (Å²) in [5, 5.41) is 0.782. The predicted octanol–water partition coefficient (Wildman–Crippen LogP) is 4.71. The molecule has 0 unspecified atom stereocenters. The molecule has 0 aliphatic rings. The molecule has 0 N–H and O–H groups in total. The van der Waals surface area contributed by atoms with Crippen LogP contribution in [0.2, 0.25) is 0 Å². The highest BCUT2D eigenvalue weighted by Crippen LogP contribution is 2.25. The number of carbonyl (C=O) groups excluding carboxylic acids is 1. The first-order valence-corrected chi connectivity index (χ1v) is 9.92. The summed E-state index contributed by atoms with van der Waals surface area (Å²) in [7, 11) is 1.66. The van der Waals surface area contributed by atoms with Crippen LogP contribution in [0.25, 0.3) is 11.0 Å². The maximum atomic E-state index is 12.5. The van der Waals surface area contributed by atoms with E-state index in [0.29, 0.717) is 5.56 Å². The van der Waals surface area contributed by atoms with E-state index in [0.717, 1.165) is 22.7 Å². The van der Waals surface area contributed by atoms with Crippen LogP contribution in [-0.4, -0.2) is 39.5 Å². The van der Waals surface area contributed by atoms with Crippen molar-refractivity contribution in [1.29, 1.82) is 0 Å². The minimum atomic E-state index is -4.72. The number of aromatic nitrogens is 2. The van der Waals surface area contributed by atoms with Gasteiger partial charge in [0, 0.05) is 20.1 Å². The monoisotopic (exact) mass is 423 g/mol.